The zero-order valence-electron chi connectivity index (χ0n) is 15.8. The van der Waals surface area contributed by atoms with Gasteiger partial charge in [0.05, 0.1) is 34.2 Å². The molecule has 3 aromatic heterocycles. The number of hydrogen-bond acceptors (Lipinski definition) is 8. The van der Waals surface area contributed by atoms with Gasteiger partial charge in [0, 0.05) is 6.20 Å². The van der Waals surface area contributed by atoms with Gasteiger partial charge >= 0.3 is 0 Å². The molecule has 10 nitrogen and oxygen atoms in total. The zero-order chi connectivity index (χ0) is 21.3. The van der Waals surface area contributed by atoms with Gasteiger partial charge in [-0.05, 0) is 25.1 Å². The Balaban J connectivity index is 1.86. The van der Waals surface area contributed by atoms with E-state index in [-0.39, 0.29) is 29.3 Å². The van der Waals surface area contributed by atoms with Gasteiger partial charge in [-0.25, -0.2) is 15.0 Å². The van der Waals surface area contributed by atoms with Crippen LogP contribution in [0.4, 0.5) is 11.6 Å². The summed E-state index contributed by atoms with van der Waals surface area (Å²) in [6.45, 7) is 2.02. The highest BCUT2D eigenvalue weighted by Crippen LogP contribution is 2.24. The van der Waals surface area contributed by atoms with Gasteiger partial charge < -0.3 is 11.1 Å². The minimum atomic E-state index is -0.495. The number of aromatic amines is 1. The lowest BCUT2D eigenvalue weighted by atomic mass is 10.2. The molecule has 3 heterocycles. The lowest BCUT2D eigenvalue weighted by molar-refractivity contribution is 0.630. The number of H-pyrrole nitrogens is 1. The molecule has 0 aliphatic carbocycles. The summed E-state index contributed by atoms with van der Waals surface area (Å²) in [4.78, 5) is 25.9. The van der Waals surface area contributed by atoms with Gasteiger partial charge in [0.2, 0.25) is 0 Å². The lowest BCUT2D eigenvalue weighted by Gasteiger charge is -2.20. The van der Waals surface area contributed by atoms with Crippen LogP contribution in [0.25, 0.3) is 10.9 Å². The minimum Gasteiger partial charge on any atom is -0.382 e. The Bertz CT molecular complexity index is 1320. The third kappa shape index (κ3) is 3.42. The highest BCUT2D eigenvalue weighted by molar-refractivity contribution is 6.35. The van der Waals surface area contributed by atoms with Gasteiger partial charge in [-0.2, -0.15) is 10.4 Å². The molecular formula is C19H16ClN9O. The molecule has 1 atom stereocenters. The fourth-order valence-electron chi connectivity index (χ4n) is 3.16. The normalized spacial score (nSPS) is 11.9. The molecule has 1 aromatic carbocycles. The number of nitrogens with one attached hydrogen (secondary N) is 2. The van der Waals surface area contributed by atoms with Gasteiger partial charge in [0.15, 0.2) is 0 Å². The molecule has 4 rings (SSSR count). The quantitative estimate of drug-likeness (QED) is 0.443. The fraction of sp³-hybridized carbons (Fsp3) is 0.158. The third-order valence-electron chi connectivity index (χ3n) is 4.58. The Morgan fingerprint density at radius 2 is 2.20 bits per heavy atom. The average Bonchev–Trinajstić information content (AvgIpc) is 3.23. The van der Waals surface area contributed by atoms with Crippen LogP contribution in [0.3, 0.4) is 0 Å². The monoisotopic (exact) mass is 421 g/mol. The molecule has 0 saturated heterocycles. The van der Waals surface area contributed by atoms with Crippen LogP contribution in [0, 0.1) is 11.3 Å². The summed E-state index contributed by atoms with van der Waals surface area (Å²) in [6, 6.07) is 8.37. The Hall–Kier alpha value is -3.97. The molecule has 4 aromatic rings. The van der Waals surface area contributed by atoms with Crippen molar-refractivity contribution in [3.63, 3.8) is 0 Å². The summed E-state index contributed by atoms with van der Waals surface area (Å²) in [5.41, 5.74) is 6.80. The summed E-state index contributed by atoms with van der Waals surface area (Å²) in [5.74, 6) is 0.756. The topological polar surface area (TPSA) is 151 Å². The molecule has 0 aliphatic heterocycles. The highest BCUT2D eigenvalue weighted by Gasteiger charge is 2.20. The van der Waals surface area contributed by atoms with Gasteiger partial charge in [0.25, 0.3) is 5.56 Å². The number of hydrogen-bond donors (Lipinski definition) is 3. The van der Waals surface area contributed by atoms with Crippen LogP contribution >= 0.6 is 11.6 Å². The number of anilines is 2. The molecule has 30 heavy (non-hydrogen) atoms. The largest absolute Gasteiger partial charge is 0.382 e. The molecule has 4 N–H and O–H groups in total. The number of halogens is 1. The van der Waals surface area contributed by atoms with Crippen molar-refractivity contribution in [2.24, 2.45) is 0 Å². The number of benzene rings is 1. The molecule has 0 bridgehead atoms. The second-order valence-corrected chi connectivity index (χ2v) is 6.94. The van der Waals surface area contributed by atoms with Crippen molar-refractivity contribution in [1.29, 1.82) is 5.26 Å². The number of nitrogens with two attached hydrogens (primary N) is 1. The van der Waals surface area contributed by atoms with E-state index in [0.29, 0.717) is 21.7 Å². The molecule has 0 spiro atoms. The summed E-state index contributed by atoms with van der Waals surface area (Å²) < 4.78 is 1.51. The van der Waals surface area contributed by atoms with Crippen molar-refractivity contribution < 1.29 is 0 Å². The van der Waals surface area contributed by atoms with Gasteiger partial charge in [-0.1, -0.05) is 17.7 Å². The van der Waals surface area contributed by atoms with E-state index in [0.717, 1.165) is 5.69 Å². The summed E-state index contributed by atoms with van der Waals surface area (Å²) in [5, 5.41) is 19.9. The van der Waals surface area contributed by atoms with Crippen molar-refractivity contribution in [2.75, 3.05) is 11.1 Å². The van der Waals surface area contributed by atoms with E-state index in [4.69, 9.17) is 17.3 Å². The minimum absolute atomic E-state index is 0.0651. The van der Waals surface area contributed by atoms with Crippen molar-refractivity contribution in [3.8, 4) is 6.07 Å². The molecule has 0 fully saturated rings. The van der Waals surface area contributed by atoms with Gasteiger partial charge in [-0.3, -0.25) is 14.5 Å². The number of aromatic nitrogens is 6. The SMILES string of the molecule is CC(Nc1ncnc(N)c1C#N)c1nc2cccc(Cl)c2c(=O)n1Cc1ccn[nH]1. The van der Waals surface area contributed by atoms with Crippen LogP contribution in [-0.4, -0.2) is 29.7 Å². The van der Waals surface area contributed by atoms with Crippen molar-refractivity contribution in [3.05, 3.63) is 69.2 Å². The number of rotatable bonds is 5. The van der Waals surface area contributed by atoms with E-state index >= 15 is 0 Å². The Morgan fingerprint density at radius 1 is 1.37 bits per heavy atom. The lowest BCUT2D eigenvalue weighted by Crippen LogP contribution is -2.29. The average molecular weight is 422 g/mol. The Kier molecular flexibility index (Phi) is 5.04. The molecule has 0 radical (unpaired) electrons. The van der Waals surface area contributed by atoms with E-state index in [1.165, 1.54) is 10.9 Å². The van der Waals surface area contributed by atoms with E-state index in [1.54, 1.807) is 37.4 Å². The standard InChI is InChI=1S/C19H16ClN9O/c1-10(26-17-12(7-21)16(22)23-9-24-17)18-27-14-4-2-3-13(20)15(14)19(30)29(18)8-11-5-6-25-28-11/h2-6,9-10H,8H2,1H3,(H,25,28)(H3,22,23,24,26). The van der Waals surface area contributed by atoms with Crippen LogP contribution in [0.15, 0.2) is 41.6 Å². The summed E-state index contributed by atoms with van der Waals surface area (Å²) >= 11 is 6.28. The number of nitriles is 1. The van der Waals surface area contributed by atoms with E-state index < -0.39 is 6.04 Å². The van der Waals surface area contributed by atoms with Crippen LogP contribution in [0.5, 0.6) is 0 Å². The van der Waals surface area contributed by atoms with Gasteiger partial charge in [-0.15, -0.1) is 0 Å². The van der Waals surface area contributed by atoms with E-state index in [2.05, 4.69) is 30.5 Å². The maximum Gasteiger partial charge on any atom is 0.263 e. The number of fused-ring (bicyclic) bond motifs is 1. The van der Waals surface area contributed by atoms with Crippen LogP contribution in [0.2, 0.25) is 5.02 Å². The molecular weight excluding hydrogens is 406 g/mol. The second-order valence-electron chi connectivity index (χ2n) is 6.54. The predicted octanol–water partition coefficient (Wildman–Crippen LogP) is 2.24. The first kappa shape index (κ1) is 19.4. The number of nitrogens with zero attached hydrogens (tertiary/aromatic N) is 6. The first-order chi connectivity index (χ1) is 14.5. The van der Waals surface area contributed by atoms with Crippen LogP contribution in [0.1, 0.15) is 30.0 Å². The van der Waals surface area contributed by atoms with Crippen molar-refractivity contribution >= 4 is 34.1 Å². The zero-order valence-corrected chi connectivity index (χ0v) is 16.6. The highest BCUT2D eigenvalue weighted by atomic mass is 35.5. The maximum absolute atomic E-state index is 13.3. The fourth-order valence-corrected chi connectivity index (χ4v) is 3.41. The van der Waals surface area contributed by atoms with Gasteiger partial charge in [0.1, 0.15) is 35.4 Å². The van der Waals surface area contributed by atoms with Crippen molar-refractivity contribution in [2.45, 2.75) is 19.5 Å². The van der Waals surface area contributed by atoms with Crippen LogP contribution < -0.4 is 16.6 Å². The van der Waals surface area contributed by atoms with E-state index in [9.17, 15) is 10.1 Å². The molecule has 150 valence electrons. The Labute approximate surface area is 175 Å². The third-order valence-corrected chi connectivity index (χ3v) is 4.89. The smallest absolute Gasteiger partial charge is 0.263 e. The molecule has 0 amide bonds. The molecule has 11 heteroatoms. The summed E-state index contributed by atoms with van der Waals surface area (Å²) in [6.07, 6.45) is 2.86. The molecule has 0 saturated carbocycles. The predicted molar refractivity (Wildman–Crippen MR) is 112 cm³/mol. The van der Waals surface area contributed by atoms with E-state index in [1.807, 2.05) is 6.07 Å². The van der Waals surface area contributed by atoms with Crippen molar-refractivity contribution in [1.82, 2.24) is 29.7 Å². The Morgan fingerprint density at radius 3 is 2.93 bits per heavy atom. The number of nitrogen functional groups attached to an aromatic ring is 1. The first-order valence-electron chi connectivity index (χ1n) is 8.94. The molecule has 1 unspecified atom stereocenters. The first-order valence-corrected chi connectivity index (χ1v) is 9.31. The summed E-state index contributed by atoms with van der Waals surface area (Å²) in [7, 11) is 0. The van der Waals surface area contributed by atoms with Crippen LogP contribution in [-0.2, 0) is 6.54 Å². The second kappa shape index (κ2) is 7.81. The maximum atomic E-state index is 13.3. The molecule has 0 aliphatic rings.